The number of imidazole rings is 1. The molecule has 4 aromatic rings. The number of halogens is 1. The number of carbonyl (C=O) groups excluding carboxylic acids is 2. The van der Waals surface area contributed by atoms with Crippen molar-refractivity contribution in [2.75, 3.05) is 19.1 Å². The van der Waals surface area contributed by atoms with Gasteiger partial charge in [-0.3, -0.25) is 14.5 Å². The predicted molar refractivity (Wildman–Crippen MR) is 125 cm³/mol. The molecule has 8 nitrogen and oxygen atoms in total. The van der Waals surface area contributed by atoms with Crippen LogP contribution in [0.4, 0.5) is 10.3 Å². The number of carbonyl (C=O) groups is 2. The molecule has 5 rings (SSSR count). The second kappa shape index (κ2) is 8.31. The van der Waals surface area contributed by atoms with Crippen molar-refractivity contribution in [3.05, 3.63) is 75.7 Å². The lowest BCUT2D eigenvalue weighted by Gasteiger charge is -2.21. The zero-order valence-electron chi connectivity index (χ0n) is 18.0. The van der Waals surface area contributed by atoms with E-state index in [9.17, 15) is 19.1 Å². The van der Waals surface area contributed by atoms with Gasteiger partial charge in [0.1, 0.15) is 17.6 Å². The van der Waals surface area contributed by atoms with Crippen molar-refractivity contribution in [3.8, 4) is 11.5 Å². The number of thiophene rings is 1. The Balaban J connectivity index is 1.69. The first kappa shape index (κ1) is 21.7. The van der Waals surface area contributed by atoms with Crippen LogP contribution in [-0.4, -0.2) is 41.0 Å². The van der Waals surface area contributed by atoms with Crippen molar-refractivity contribution in [2.45, 2.75) is 6.04 Å². The van der Waals surface area contributed by atoms with Crippen molar-refractivity contribution in [1.29, 1.82) is 0 Å². The molecule has 0 bridgehead atoms. The first-order chi connectivity index (χ1) is 16.4. The molecular weight excluding hydrogens is 461 g/mol. The van der Waals surface area contributed by atoms with Gasteiger partial charge in [-0.15, -0.1) is 11.3 Å². The Morgan fingerprint density at radius 1 is 1.12 bits per heavy atom. The Hall–Kier alpha value is -4.18. The summed E-state index contributed by atoms with van der Waals surface area (Å²) in [6.45, 7) is 0. The van der Waals surface area contributed by atoms with Gasteiger partial charge in [-0.05, 0) is 35.7 Å². The SMILES string of the molecule is COc1cc2nc(N3C(=O)C(=O)/C(=C(/O)c4ccc(F)cc4)C3c3cccs3)[nH]c2cc1OC. The van der Waals surface area contributed by atoms with Gasteiger partial charge in [-0.2, -0.15) is 0 Å². The van der Waals surface area contributed by atoms with Gasteiger partial charge in [0, 0.05) is 22.6 Å². The molecule has 0 saturated carbocycles. The molecule has 1 unspecified atom stereocenters. The van der Waals surface area contributed by atoms with Gasteiger partial charge in [-0.25, -0.2) is 9.37 Å². The molecule has 1 fully saturated rings. The maximum Gasteiger partial charge on any atom is 0.302 e. The average molecular weight is 479 g/mol. The quantitative estimate of drug-likeness (QED) is 0.250. The van der Waals surface area contributed by atoms with Crippen LogP contribution in [0, 0.1) is 5.82 Å². The second-order valence-corrected chi connectivity index (χ2v) is 8.46. The van der Waals surface area contributed by atoms with Gasteiger partial charge in [-0.1, -0.05) is 6.07 Å². The van der Waals surface area contributed by atoms with Gasteiger partial charge in [0.15, 0.2) is 11.5 Å². The number of benzene rings is 2. The number of hydrogen-bond donors (Lipinski definition) is 2. The second-order valence-electron chi connectivity index (χ2n) is 7.48. The molecule has 1 saturated heterocycles. The first-order valence-corrected chi connectivity index (χ1v) is 11.0. The monoisotopic (exact) mass is 479 g/mol. The van der Waals surface area contributed by atoms with E-state index in [1.807, 2.05) is 5.38 Å². The number of ether oxygens (including phenoxy) is 2. The molecule has 1 amide bonds. The van der Waals surface area contributed by atoms with E-state index in [1.54, 1.807) is 24.3 Å². The number of methoxy groups -OCH3 is 2. The summed E-state index contributed by atoms with van der Waals surface area (Å²) >= 11 is 1.33. The summed E-state index contributed by atoms with van der Waals surface area (Å²) < 4.78 is 24.1. The number of H-pyrrole nitrogens is 1. The molecule has 2 aromatic carbocycles. The van der Waals surface area contributed by atoms with Crippen molar-refractivity contribution < 1.29 is 28.6 Å². The summed E-state index contributed by atoms with van der Waals surface area (Å²) in [5, 5.41) is 12.8. The number of fused-ring (bicyclic) bond motifs is 1. The van der Waals surface area contributed by atoms with Gasteiger partial charge >= 0.3 is 5.91 Å². The topological polar surface area (TPSA) is 105 Å². The number of hydrogen-bond acceptors (Lipinski definition) is 7. The number of aliphatic hydroxyl groups excluding tert-OH is 1. The highest BCUT2D eigenvalue weighted by Crippen LogP contribution is 2.43. The van der Waals surface area contributed by atoms with Gasteiger partial charge < -0.3 is 19.6 Å². The van der Waals surface area contributed by atoms with E-state index >= 15 is 0 Å². The van der Waals surface area contributed by atoms with Crippen LogP contribution >= 0.6 is 11.3 Å². The van der Waals surface area contributed by atoms with Crippen molar-refractivity contribution in [3.63, 3.8) is 0 Å². The van der Waals surface area contributed by atoms with Crippen LogP contribution in [0.1, 0.15) is 16.5 Å². The lowest BCUT2D eigenvalue weighted by atomic mass is 10.00. The summed E-state index contributed by atoms with van der Waals surface area (Å²) in [4.78, 5) is 35.8. The van der Waals surface area contributed by atoms with E-state index in [1.165, 1.54) is 54.7 Å². The Morgan fingerprint density at radius 2 is 1.82 bits per heavy atom. The summed E-state index contributed by atoms with van der Waals surface area (Å²) in [7, 11) is 3.01. The number of Topliss-reactive ketones (excluding diaryl/α,β-unsaturated/α-hetero) is 1. The average Bonchev–Trinajstić information content (AvgIpc) is 3.56. The molecule has 0 aliphatic carbocycles. The molecule has 1 atom stereocenters. The highest BCUT2D eigenvalue weighted by Gasteiger charge is 2.48. The number of ketones is 1. The van der Waals surface area contributed by atoms with Crippen LogP contribution in [-0.2, 0) is 9.59 Å². The fraction of sp³-hybridized carbons (Fsp3) is 0.125. The van der Waals surface area contributed by atoms with Gasteiger partial charge in [0.2, 0.25) is 5.95 Å². The van der Waals surface area contributed by atoms with Crippen LogP contribution in [0.2, 0.25) is 0 Å². The molecule has 2 aromatic heterocycles. The van der Waals surface area contributed by atoms with E-state index in [0.29, 0.717) is 27.4 Å². The minimum atomic E-state index is -0.922. The molecule has 0 spiro atoms. The summed E-state index contributed by atoms with van der Waals surface area (Å²) in [6, 6.07) is 11.0. The molecule has 3 heterocycles. The molecule has 1 aliphatic heterocycles. The van der Waals surface area contributed by atoms with Crippen LogP contribution in [0.25, 0.3) is 16.8 Å². The zero-order chi connectivity index (χ0) is 24.0. The third kappa shape index (κ3) is 3.39. The van der Waals surface area contributed by atoms with E-state index in [-0.39, 0.29) is 17.1 Å². The number of anilines is 1. The number of aliphatic hydroxyl groups is 1. The maximum atomic E-state index is 13.4. The minimum Gasteiger partial charge on any atom is -0.507 e. The third-order valence-electron chi connectivity index (χ3n) is 5.58. The Labute approximate surface area is 196 Å². The van der Waals surface area contributed by atoms with Gasteiger partial charge in [0.05, 0.1) is 30.8 Å². The predicted octanol–water partition coefficient (Wildman–Crippen LogP) is 4.41. The molecule has 0 radical (unpaired) electrons. The molecule has 2 N–H and O–H groups in total. The normalized spacial score (nSPS) is 17.5. The maximum absolute atomic E-state index is 13.4. The molecule has 1 aliphatic rings. The number of aromatic amines is 1. The van der Waals surface area contributed by atoms with E-state index in [2.05, 4.69) is 9.97 Å². The molecule has 34 heavy (non-hydrogen) atoms. The first-order valence-electron chi connectivity index (χ1n) is 10.1. The van der Waals surface area contributed by atoms with Crippen LogP contribution < -0.4 is 14.4 Å². The molecular formula is C24H18FN3O5S. The summed E-state index contributed by atoms with van der Waals surface area (Å²) in [6.07, 6.45) is 0. The minimum absolute atomic E-state index is 0.102. The Kier molecular flexibility index (Phi) is 5.29. The van der Waals surface area contributed by atoms with Crippen LogP contribution in [0.3, 0.4) is 0 Å². The largest absolute Gasteiger partial charge is 0.507 e. The van der Waals surface area contributed by atoms with E-state index in [0.717, 1.165) is 0 Å². The van der Waals surface area contributed by atoms with Crippen molar-refractivity contribution >= 4 is 45.8 Å². The fourth-order valence-electron chi connectivity index (χ4n) is 3.97. The third-order valence-corrected chi connectivity index (χ3v) is 6.50. The van der Waals surface area contributed by atoms with E-state index in [4.69, 9.17) is 9.47 Å². The Bertz CT molecular complexity index is 1400. The van der Waals surface area contributed by atoms with Crippen molar-refractivity contribution in [2.24, 2.45) is 0 Å². The van der Waals surface area contributed by atoms with Gasteiger partial charge in [0.25, 0.3) is 5.78 Å². The summed E-state index contributed by atoms with van der Waals surface area (Å²) in [5.74, 6) is -1.53. The zero-order valence-corrected chi connectivity index (χ0v) is 18.9. The van der Waals surface area contributed by atoms with E-state index < -0.39 is 29.3 Å². The number of rotatable bonds is 5. The molecule has 10 heteroatoms. The van der Waals surface area contributed by atoms with Crippen LogP contribution in [0.5, 0.6) is 11.5 Å². The number of nitrogens with zero attached hydrogens (tertiary/aromatic N) is 2. The highest BCUT2D eigenvalue weighted by atomic mass is 32.1. The molecule has 172 valence electrons. The lowest BCUT2D eigenvalue weighted by molar-refractivity contribution is -0.132. The Morgan fingerprint density at radius 3 is 2.47 bits per heavy atom. The van der Waals surface area contributed by atoms with Crippen molar-refractivity contribution in [1.82, 2.24) is 9.97 Å². The fourth-order valence-corrected chi connectivity index (χ4v) is 4.79. The summed E-state index contributed by atoms with van der Waals surface area (Å²) in [5.41, 5.74) is 1.19. The smallest absolute Gasteiger partial charge is 0.302 e. The van der Waals surface area contributed by atoms with Crippen LogP contribution in [0.15, 0.2) is 59.5 Å². The number of aromatic nitrogens is 2. The number of nitrogens with one attached hydrogen (secondary N) is 1. The standard InChI is InChI=1S/C24H18FN3O5S/c1-32-16-10-14-15(11-17(16)33-2)27-24(26-14)28-20(18-4-3-9-34-18)19(22(30)23(28)31)21(29)12-5-7-13(25)8-6-12/h3-11,20,29H,1-2H3,(H,26,27)/b21-19+. The number of amides is 1. The highest BCUT2D eigenvalue weighted by molar-refractivity contribution is 7.10. The lowest BCUT2D eigenvalue weighted by Crippen LogP contribution is -2.30.